The maximum absolute atomic E-state index is 12.3. The van der Waals surface area contributed by atoms with E-state index in [-0.39, 0.29) is 17.7 Å². The van der Waals surface area contributed by atoms with Gasteiger partial charge in [0.2, 0.25) is 0 Å². The molecule has 3 nitrogen and oxygen atoms in total. The van der Waals surface area contributed by atoms with Crippen molar-refractivity contribution >= 4 is 28.5 Å². The molecule has 1 aromatic carbocycles. The fraction of sp³-hybridized carbons (Fsp3) is 0.533. The second kappa shape index (κ2) is 6.59. The number of rotatable bonds is 3. The minimum absolute atomic E-state index is 0.0572. The Labute approximate surface area is 127 Å². The summed E-state index contributed by atoms with van der Waals surface area (Å²) in [6, 6.07) is 5.36. The molecule has 2 atom stereocenters. The van der Waals surface area contributed by atoms with Gasteiger partial charge >= 0.3 is 0 Å². The van der Waals surface area contributed by atoms with E-state index >= 15 is 0 Å². The van der Waals surface area contributed by atoms with E-state index in [9.17, 15) is 9.90 Å². The van der Waals surface area contributed by atoms with Crippen LogP contribution in [0.3, 0.4) is 0 Å². The van der Waals surface area contributed by atoms with Gasteiger partial charge in [0.15, 0.2) is 0 Å². The number of carbonyl (C=O) groups excluding carboxylic acids is 1. The normalized spacial score (nSPS) is 23.1. The van der Waals surface area contributed by atoms with Crippen LogP contribution in [0, 0.1) is 9.49 Å². The highest BCUT2D eigenvalue weighted by Gasteiger charge is 2.26. The number of carbonyl (C=O) groups is 1. The molecule has 0 heterocycles. The minimum Gasteiger partial charge on any atom is -0.507 e. The number of phenolic OH excluding ortho intramolecular Hbond substituents is 1. The van der Waals surface area contributed by atoms with Gasteiger partial charge in [-0.05, 0) is 59.5 Å². The van der Waals surface area contributed by atoms with Gasteiger partial charge < -0.3 is 10.4 Å². The van der Waals surface area contributed by atoms with Gasteiger partial charge in [-0.3, -0.25) is 4.79 Å². The van der Waals surface area contributed by atoms with Crippen LogP contribution in [0.15, 0.2) is 18.2 Å². The van der Waals surface area contributed by atoms with Crippen LogP contribution in [0.1, 0.15) is 49.4 Å². The van der Waals surface area contributed by atoms with Crippen LogP contribution in [-0.4, -0.2) is 17.1 Å². The van der Waals surface area contributed by atoms with Gasteiger partial charge in [-0.15, -0.1) is 0 Å². The van der Waals surface area contributed by atoms with Crippen molar-refractivity contribution < 1.29 is 9.90 Å². The summed E-state index contributed by atoms with van der Waals surface area (Å²) in [7, 11) is 0. The predicted octanol–water partition coefficient (Wildman–Crippen LogP) is 3.70. The molecule has 0 spiro atoms. The molecule has 2 rings (SSSR count). The summed E-state index contributed by atoms with van der Waals surface area (Å²) in [5, 5.41) is 12.9. The summed E-state index contributed by atoms with van der Waals surface area (Å²) in [6.45, 7) is 2.18. The summed E-state index contributed by atoms with van der Waals surface area (Å²) >= 11 is 2.15. The molecule has 1 aliphatic rings. The van der Waals surface area contributed by atoms with Gasteiger partial charge in [-0.2, -0.15) is 0 Å². The Morgan fingerprint density at radius 1 is 1.42 bits per heavy atom. The highest BCUT2D eigenvalue weighted by Crippen LogP contribution is 2.28. The Bertz CT molecular complexity index is 461. The number of benzene rings is 1. The molecule has 1 amide bonds. The molecule has 0 saturated heterocycles. The molecule has 104 valence electrons. The monoisotopic (exact) mass is 373 g/mol. The molecule has 2 N–H and O–H groups in total. The molecule has 0 bridgehead atoms. The first-order valence-corrected chi connectivity index (χ1v) is 7.99. The topological polar surface area (TPSA) is 49.3 Å². The maximum Gasteiger partial charge on any atom is 0.255 e. The molecule has 1 fully saturated rings. The lowest BCUT2D eigenvalue weighted by Gasteiger charge is -2.31. The summed E-state index contributed by atoms with van der Waals surface area (Å²) in [6.07, 6.45) is 5.79. The van der Waals surface area contributed by atoms with Gasteiger partial charge in [-0.1, -0.05) is 26.2 Å². The van der Waals surface area contributed by atoms with Crippen LogP contribution in [-0.2, 0) is 0 Å². The molecular formula is C15H20INO2. The van der Waals surface area contributed by atoms with E-state index in [0.29, 0.717) is 11.5 Å². The van der Waals surface area contributed by atoms with Crippen LogP contribution in [0.25, 0.3) is 0 Å². The summed E-state index contributed by atoms with van der Waals surface area (Å²) in [4.78, 5) is 12.3. The van der Waals surface area contributed by atoms with Crippen molar-refractivity contribution in [1.82, 2.24) is 5.32 Å². The Kier molecular flexibility index (Phi) is 5.07. The van der Waals surface area contributed by atoms with Crippen molar-refractivity contribution in [3.8, 4) is 5.75 Å². The standard InChI is InChI=1S/C15H20INO2/c1-2-10-5-3-4-6-13(10)17-15(19)12-9-11(16)7-8-14(12)18/h7-10,13,18H,2-6H2,1H3,(H,17,19). The molecule has 0 aliphatic heterocycles. The lowest BCUT2D eigenvalue weighted by Crippen LogP contribution is -2.41. The third-order valence-corrected chi connectivity index (χ3v) is 4.62. The second-order valence-corrected chi connectivity index (χ2v) is 6.44. The average molecular weight is 373 g/mol. The zero-order valence-corrected chi connectivity index (χ0v) is 13.3. The zero-order chi connectivity index (χ0) is 13.8. The number of aromatic hydroxyl groups is 1. The minimum atomic E-state index is -0.152. The van der Waals surface area contributed by atoms with Crippen molar-refractivity contribution in [1.29, 1.82) is 0 Å². The maximum atomic E-state index is 12.3. The van der Waals surface area contributed by atoms with E-state index in [0.717, 1.165) is 16.4 Å². The first kappa shape index (κ1) is 14.6. The van der Waals surface area contributed by atoms with Crippen LogP contribution in [0.4, 0.5) is 0 Å². The van der Waals surface area contributed by atoms with Crippen molar-refractivity contribution in [2.24, 2.45) is 5.92 Å². The van der Waals surface area contributed by atoms with Gasteiger partial charge in [0, 0.05) is 9.61 Å². The van der Waals surface area contributed by atoms with Crippen molar-refractivity contribution in [3.63, 3.8) is 0 Å². The zero-order valence-electron chi connectivity index (χ0n) is 11.2. The lowest BCUT2D eigenvalue weighted by molar-refractivity contribution is 0.0902. The van der Waals surface area contributed by atoms with Crippen LogP contribution < -0.4 is 5.32 Å². The van der Waals surface area contributed by atoms with E-state index in [1.165, 1.54) is 19.3 Å². The van der Waals surface area contributed by atoms with Crippen LogP contribution in [0.2, 0.25) is 0 Å². The molecule has 0 aromatic heterocycles. The third-order valence-electron chi connectivity index (χ3n) is 3.95. The molecule has 2 unspecified atom stereocenters. The van der Waals surface area contributed by atoms with Crippen molar-refractivity contribution in [2.45, 2.75) is 45.1 Å². The number of amides is 1. The Hall–Kier alpha value is -0.780. The van der Waals surface area contributed by atoms with E-state index in [1.54, 1.807) is 18.2 Å². The smallest absolute Gasteiger partial charge is 0.255 e. The molecule has 0 radical (unpaired) electrons. The van der Waals surface area contributed by atoms with Crippen molar-refractivity contribution in [3.05, 3.63) is 27.3 Å². The first-order valence-electron chi connectivity index (χ1n) is 6.91. The second-order valence-electron chi connectivity index (χ2n) is 5.19. The SMILES string of the molecule is CCC1CCCCC1NC(=O)c1cc(I)ccc1O. The molecule has 1 aromatic rings. The quantitative estimate of drug-likeness (QED) is 0.794. The van der Waals surface area contributed by atoms with E-state index in [1.807, 2.05) is 0 Å². The average Bonchev–Trinajstić information content (AvgIpc) is 2.42. The van der Waals surface area contributed by atoms with E-state index in [2.05, 4.69) is 34.8 Å². The molecule has 19 heavy (non-hydrogen) atoms. The van der Waals surface area contributed by atoms with E-state index < -0.39 is 0 Å². The van der Waals surface area contributed by atoms with Gasteiger partial charge in [0.05, 0.1) is 5.56 Å². The van der Waals surface area contributed by atoms with E-state index in [4.69, 9.17) is 0 Å². The Morgan fingerprint density at radius 2 is 2.16 bits per heavy atom. The number of nitrogens with one attached hydrogen (secondary N) is 1. The summed E-state index contributed by atoms with van der Waals surface area (Å²) in [5.74, 6) is 0.478. The highest BCUT2D eigenvalue weighted by atomic mass is 127. The molecule has 4 heteroatoms. The molecule has 1 saturated carbocycles. The third kappa shape index (κ3) is 3.61. The van der Waals surface area contributed by atoms with Gasteiger partial charge in [0.25, 0.3) is 5.91 Å². The van der Waals surface area contributed by atoms with Gasteiger partial charge in [0.1, 0.15) is 5.75 Å². The van der Waals surface area contributed by atoms with Crippen LogP contribution >= 0.6 is 22.6 Å². The molecule has 1 aliphatic carbocycles. The predicted molar refractivity (Wildman–Crippen MR) is 84.3 cm³/mol. The summed E-state index contributed by atoms with van der Waals surface area (Å²) in [5.41, 5.74) is 0.382. The fourth-order valence-electron chi connectivity index (χ4n) is 2.82. The fourth-order valence-corrected chi connectivity index (χ4v) is 3.31. The summed E-state index contributed by atoms with van der Waals surface area (Å²) < 4.78 is 0.955. The Balaban J connectivity index is 2.09. The number of halogens is 1. The van der Waals surface area contributed by atoms with Crippen LogP contribution in [0.5, 0.6) is 5.75 Å². The Morgan fingerprint density at radius 3 is 2.89 bits per heavy atom. The number of phenols is 1. The lowest BCUT2D eigenvalue weighted by atomic mass is 9.83. The van der Waals surface area contributed by atoms with Crippen molar-refractivity contribution in [2.75, 3.05) is 0 Å². The highest BCUT2D eigenvalue weighted by molar-refractivity contribution is 14.1. The largest absolute Gasteiger partial charge is 0.507 e. The molecular weight excluding hydrogens is 353 g/mol. The number of hydrogen-bond donors (Lipinski definition) is 2. The first-order chi connectivity index (χ1) is 9.11. The number of hydrogen-bond acceptors (Lipinski definition) is 2. The van der Waals surface area contributed by atoms with Gasteiger partial charge in [-0.25, -0.2) is 0 Å².